The number of carbonyl (C=O) groups is 1. The zero-order valence-corrected chi connectivity index (χ0v) is 20.9. The summed E-state index contributed by atoms with van der Waals surface area (Å²) in [6.07, 6.45) is 0. The molecule has 7 nitrogen and oxygen atoms in total. The normalized spacial score (nSPS) is 17.4. The van der Waals surface area contributed by atoms with Crippen LogP contribution < -0.4 is 10.5 Å². The number of anilines is 1. The number of carbonyl (C=O) groups excluding carboxylic acids is 1. The van der Waals surface area contributed by atoms with Gasteiger partial charge in [-0.1, -0.05) is 48.0 Å². The number of rotatable bonds is 5. The molecule has 0 saturated carbocycles. The number of nitrogens with two attached hydrogens (primary N) is 1. The minimum Gasteiger partial charge on any atom is -0.384 e. The van der Waals surface area contributed by atoms with E-state index in [4.69, 9.17) is 5.73 Å². The van der Waals surface area contributed by atoms with Gasteiger partial charge in [0.1, 0.15) is 11.9 Å². The first-order valence-corrected chi connectivity index (χ1v) is 12.6. The third kappa shape index (κ3) is 4.19. The van der Waals surface area contributed by atoms with Crippen LogP contribution >= 0.6 is 0 Å². The molecule has 0 saturated heterocycles. The molecule has 4 rings (SSSR count). The van der Waals surface area contributed by atoms with Crippen molar-refractivity contribution >= 4 is 21.7 Å². The van der Waals surface area contributed by atoms with Crippen molar-refractivity contribution in [1.29, 1.82) is 0 Å². The van der Waals surface area contributed by atoms with E-state index in [0.717, 1.165) is 27.8 Å². The molecule has 0 fully saturated rings. The van der Waals surface area contributed by atoms with Gasteiger partial charge in [-0.25, -0.2) is 9.71 Å². The number of fused-ring (bicyclic) bond motifs is 1. The van der Waals surface area contributed by atoms with Gasteiger partial charge in [-0.15, -0.1) is 0 Å². The maximum Gasteiger partial charge on any atom is 0.281 e. The van der Waals surface area contributed by atoms with E-state index in [1.165, 1.54) is 23.8 Å². The van der Waals surface area contributed by atoms with E-state index in [1.807, 2.05) is 24.3 Å². The van der Waals surface area contributed by atoms with Gasteiger partial charge in [-0.2, -0.15) is 8.42 Å². The van der Waals surface area contributed by atoms with E-state index in [0.29, 0.717) is 6.54 Å². The maximum atomic E-state index is 13.6. The van der Waals surface area contributed by atoms with Crippen LogP contribution in [0.3, 0.4) is 0 Å². The van der Waals surface area contributed by atoms with Crippen LogP contribution in [0.1, 0.15) is 53.3 Å². The number of nitrogens with zero attached hydrogens (tertiary/aromatic N) is 2. The Labute approximate surface area is 201 Å². The van der Waals surface area contributed by atoms with E-state index in [2.05, 4.69) is 61.4 Å². The summed E-state index contributed by atoms with van der Waals surface area (Å²) in [5.74, 6) is -0.556. The lowest BCUT2D eigenvalue weighted by atomic mass is 9.92. The number of hydrogen-bond acceptors (Lipinski definition) is 6. The molecule has 3 N–H and O–H groups in total. The van der Waals surface area contributed by atoms with Gasteiger partial charge in [-0.05, 0) is 74.6 Å². The number of aromatic nitrogens is 1. The van der Waals surface area contributed by atoms with Gasteiger partial charge in [0.25, 0.3) is 15.9 Å². The summed E-state index contributed by atoms with van der Waals surface area (Å²) in [5.41, 5.74) is 11.5. The molecule has 8 heteroatoms. The lowest BCUT2D eigenvalue weighted by molar-refractivity contribution is -0.126. The quantitative estimate of drug-likeness (QED) is 0.576. The number of amides is 1. The van der Waals surface area contributed by atoms with E-state index in [1.54, 1.807) is 0 Å². The molecule has 0 radical (unpaired) electrons. The van der Waals surface area contributed by atoms with Crippen molar-refractivity contribution in [3.63, 3.8) is 0 Å². The zero-order valence-electron chi connectivity index (χ0n) is 20.1. The average molecular weight is 479 g/mol. The lowest BCUT2D eigenvalue weighted by Crippen LogP contribution is -2.45. The highest BCUT2D eigenvalue weighted by Gasteiger charge is 2.48. The van der Waals surface area contributed by atoms with Gasteiger partial charge in [0.05, 0.1) is 0 Å². The largest absolute Gasteiger partial charge is 0.384 e. The Balaban J connectivity index is 1.76. The van der Waals surface area contributed by atoms with E-state index < -0.39 is 27.5 Å². The fourth-order valence-electron chi connectivity index (χ4n) is 4.96. The van der Waals surface area contributed by atoms with Crippen molar-refractivity contribution in [2.24, 2.45) is 0 Å². The number of pyridine rings is 1. The summed E-state index contributed by atoms with van der Waals surface area (Å²) in [6, 6.07) is 15.5. The molecular weight excluding hydrogens is 448 g/mol. The van der Waals surface area contributed by atoms with Gasteiger partial charge in [0, 0.05) is 12.1 Å². The summed E-state index contributed by atoms with van der Waals surface area (Å²) < 4.78 is 28.2. The minimum absolute atomic E-state index is 0.0645. The number of nitrogens with one attached hydrogen (secondary N) is 1. The molecule has 2 aromatic carbocycles. The van der Waals surface area contributed by atoms with Gasteiger partial charge in [0.2, 0.25) is 0 Å². The Morgan fingerprint density at radius 1 is 1.06 bits per heavy atom. The number of hydrogen-bond donors (Lipinski definition) is 2. The van der Waals surface area contributed by atoms with Crippen LogP contribution in [0.25, 0.3) is 0 Å². The van der Waals surface area contributed by atoms with Crippen molar-refractivity contribution in [3.8, 4) is 0 Å². The topological polar surface area (TPSA) is 105 Å². The maximum absolute atomic E-state index is 13.6. The molecule has 34 heavy (non-hydrogen) atoms. The number of aryl methyl sites for hydroxylation is 3. The van der Waals surface area contributed by atoms with Gasteiger partial charge >= 0.3 is 0 Å². The van der Waals surface area contributed by atoms with E-state index in [9.17, 15) is 13.2 Å². The summed E-state index contributed by atoms with van der Waals surface area (Å²) >= 11 is 0. The van der Waals surface area contributed by atoms with Crippen LogP contribution in [-0.4, -0.2) is 24.2 Å². The van der Waals surface area contributed by atoms with E-state index in [-0.39, 0.29) is 10.8 Å². The fourth-order valence-corrected chi connectivity index (χ4v) is 5.92. The van der Waals surface area contributed by atoms with E-state index >= 15 is 0 Å². The Kier molecular flexibility index (Phi) is 5.99. The highest BCUT2D eigenvalue weighted by atomic mass is 32.2. The number of benzene rings is 2. The molecule has 0 spiro atoms. The van der Waals surface area contributed by atoms with Crippen LogP contribution in [0.15, 0.2) is 59.6 Å². The van der Waals surface area contributed by atoms with Gasteiger partial charge in [-0.3, -0.25) is 9.69 Å². The third-order valence-electron chi connectivity index (χ3n) is 6.62. The Hall–Kier alpha value is -3.23. The predicted molar refractivity (Wildman–Crippen MR) is 132 cm³/mol. The molecule has 0 bridgehead atoms. The number of sulfonamides is 1. The summed E-state index contributed by atoms with van der Waals surface area (Å²) in [6.45, 7) is 10.8. The molecule has 0 aliphatic carbocycles. The third-order valence-corrected chi connectivity index (χ3v) is 7.86. The van der Waals surface area contributed by atoms with Crippen LogP contribution in [0, 0.1) is 20.8 Å². The molecule has 1 atom stereocenters. The first-order chi connectivity index (χ1) is 15.9. The average Bonchev–Trinajstić information content (AvgIpc) is 2.97. The first kappa shape index (κ1) is 23.9. The Bertz CT molecular complexity index is 1360. The Morgan fingerprint density at radius 3 is 2.35 bits per heavy atom. The molecule has 1 unspecified atom stereocenters. The standard InChI is InChI=1S/C26H30N4O3S/c1-16-13-17(2)20(18(3)14-16)15-30-24(19-9-6-7-10-21(19)26(30,4)5)25(31)29-34(32,33)23-12-8-11-22(27)28-23/h6-14,24H,15H2,1-5H3,(H2,27,28)(H,29,31). The van der Waals surface area contributed by atoms with Crippen molar-refractivity contribution in [2.75, 3.05) is 5.73 Å². The predicted octanol–water partition coefficient (Wildman–Crippen LogP) is 3.89. The Morgan fingerprint density at radius 2 is 1.71 bits per heavy atom. The summed E-state index contributed by atoms with van der Waals surface area (Å²) in [7, 11) is -4.19. The van der Waals surface area contributed by atoms with Crippen LogP contribution in [0.2, 0.25) is 0 Å². The molecule has 1 amide bonds. The van der Waals surface area contributed by atoms with Crippen molar-refractivity contribution in [1.82, 2.24) is 14.6 Å². The number of nitrogen functional groups attached to an aromatic ring is 1. The molecule has 178 valence electrons. The van der Waals surface area contributed by atoms with Crippen molar-refractivity contribution in [2.45, 2.75) is 57.8 Å². The smallest absolute Gasteiger partial charge is 0.281 e. The molecule has 1 aromatic heterocycles. The van der Waals surface area contributed by atoms with Crippen LogP contribution in [0.4, 0.5) is 5.82 Å². The van der Waals surface area contributed by atoms with Crippen LogP contribution in [-0.2, 0) is 26.9 Å². The highest BCUT2D eigenvalue weighted by molar-refractivity contribution is 7.90. The lowest BCUT2D eigenvalue weighted by Gasteiger charge is -2.36. The fraction of sp³-hybridized carbons (Fsp3) is 0.308. The minimum atomic E-state index is -4.19. The summed E-state index contributed by atoms with van der Waals surface area (Å²) in [4.78, 5) is 19.5. The second-order valence-corrected chi connectivity index (χ2v) is 11.1. The molecule has 3 aromatic rings. The monoisotopic (exact) mass is 478 g/mol. The van der Waals surface area contributed by atoms with Gasteiger partial charge < -0.3 is 5.73 Å². The van der Waals surface area contributed by atoms with Crippen molar-refractivity contribution in [3.05, 3.63) is 88.0 Å². The second-order valence-electron chi connectivity index (χ2n) is 9.42. The molecule has 1 aliphatic rings. The molecular formula is C26H30N4O3S. The SMILES string of the molecule is Cc1cc(C)c(CN2C(C(=O)NS(=O)(=O)c3cccc(N)n3)c3ccccc3C2(C)C)c(C)c1. The van der Waals surface area contributed by atoms with Gasteiger partial charge in [0.15, 0.2) is 5.03 Å². The zero-order chi connectivity index (χ0) is 24.8. The molecule has 2 heterocycles. The summed E-state index contributed by atoms with van der Waals surface area (Å²) in [5, 5.41) is -0.289. The highest BCUT2D eigenvalue weighted by Crippen LogP contribution is 2.47. The first-order valence-electron chi connectivity index (χ1n) is 11.1. The van der Waals surface area contributed by atoms with Crippen molar-refractivity contribution < 1.29 is 13.2 Å². The van der Waals surface area contributed by atoms with Crippen LogP contribution in [0.5, 0.6) is 0 Å². The molecule has 1 aliphatic heterocycles. The second kappa shape index (κ2) is 8.52.